The Balaban J connectivity index is 1.60. The van der Waals surface area contributed by atoms with Crippen molar-refractivity contribution in [2.45, 2.75) is 45.6 Å². The van der Waals surface area contributed by atoms with Gasteiger partial charge in [-0.15, -0.1) is 0 Å². The number of allylic oxidation sites excluding steroid dienone is 4. The summed E-state index contributed by atoms with van der Waals surface area (Å²) in [7, 11) is 6.07. The van der Waals surface area contributed by atoms with E-state index in [1.807, 2.05) is 6.08 Å². The summed E-state index contributed by atoms with van der Waals surface area (Å²) >= 11 is 0. The van der Waals surface area contributed by atoms with Gasteiger partial charge < -0.3 is 18.7 Å². The zero-order valence-corrected chi connectivity index (χ0v) is 18.9. The average Bonchev–Trinajstić information content (AvgIpc) is 3.16. The molecule has 5 nitrogen and oxygen atoms in total. The van der Waals surface area contributed by atoms with E-state index in [-0.39, 0.29) is 18.6 Å². The number of fused-ring (bicyclic) bond motifs is 2. The minimum absolute atomic E-state index is 0.0290. The Morgan fingerprint density at radius 2 is 2.13 bits per heavy atom. The molecule has 1 aromatic carbocycles. The molecule has 3 atom stereocenters. The van der Waals surface area contributed by atoms with Gasteiger partial charge in [0.1, 0.15) is 6.04 Å². The molecule has 0 radical (unpaired) electrons. The molecule has 30 heavy (non-hydrogen) atoms. The number of carbonyl (C=O) groups is 1. The van der Waals surface area contributed by atoms with Gasteiger partial charge in [-0.25, -0.2) is 0 Å². The summed E-state index contributed by atoms with van der Waals surface area (Å²) in [4.78, 5) is 13.0. The number of ether oxygens (including phenoxy) is 3. The van der Waals surface area contributed by atoms with E-state index in [1.165, 1.54) is 11.1 Å². The van der Waals surface area contributed by atoms with E-state index < -0.39 is 0 Å². The summed E-state index contributed by atoms with van der Waals surface area (Å²) in [6, 6.07) is 2.10. The predicted octanol–water partition coefficient (Wildman–Crippen LogP) is 4.61. The summed E-state index contributed by atoms with van der Waals surface area (Å²) in [6.45, 7) is 5.66. The SMILES string of the molecule is COc1c2c(cc3c1[C@H](CC(=O)/C=C/[C@@H]1CC=C(C)C[C@@H]1C)[N+](C)(C)CC3)OCO2. The molecule has 5 heteroatoms. The lowest BCUT2D eigenvalue weighted by molar-refractivity contribution is -0.922. The Hall–Kier alpha value is -2.27. The maximum Gasteiger partial charge on any atom is 0.231 e. The molecule has 0 saturated heterocycles. The van der Waals surface area contributed by atoms with Crippen LogP contribution >= 0.6 is 0 Å². The number of nitrogens with zero attached hydrogens (tertiary/aromatic N) is 1. The second-order valence-corrected chi connectivity index (χ2v) is 9.65. The molecule has 0 unspecified atom stereocenters. The largest absolute Gasteiger partial charge is 0.492 e. The van der Waals surface area contributed by atoms with Gasteiger partial charge in [-0.3, -0.25) is 4.79 Å². The van der Waals surface area contributed by atoms with E-state index >= 15 is 0 Å². The van der Waals surface area contributed by atoms with Crippen molar-refractivity contribution in [3.63, 3.8) is 0 Å². The second-order valence-electron chi connectivity index (χ2n) is 9.65. The van der Waals surface area contributed by atoms with Gasteiger partial charge in [0.05, 0.1) is 39.7 Å². The van der Waals surface area contributed by atoms with E-state index in [1.54, 1.807) is 7.11 Å². The highest BCUT2D eigenvalue weighted by atomic mass is 16.7. The standard InChI is InChI=1S/C25H34NO4/c1-16-6-7-18(17(2)12-16)8-9-20(27)14-21-23-19(10-11-26(21,3)4)13-22-24(25(23)28-5)30-15-29-22/h6,8-9,13,17-18,21H,7,10-12,14-15H2,1-5H3/q+1/b9-8+/t17-,18-,21-/m0/s1. The number of methoxy groups -OCH3 is 1. The Morgan fingerprint density at radius 3 is 2.87 bits per heavy atom. The number of likely N-dealkylation sites (N-methyl/N-ethyl adjacent to an activating group) is 1. The number of rotatable bonds is 5. The third kappa shape index (κ3) is 3.87. The first-order valence-corrected chi connectivity index (χ1v) is 11.0. The molecule has 4 rings (SSSR count). The highest BCUT2D eigenvalue weighted by Crippen LogP contribution is 2.51. The molecule has 0 fully saturated rings. The molecule has 2 aliphatic heterocycles. The van der Waals surface area contributed by atoms with Gasteiger partial charge in [0.25, 0.3) is 0 Å². The van der Waals surface area contributed by atoms with Crippen LogP contribution in [0.5, 0.6) is 17.2 Å². The lowest BCUT2D eigenvalue weighted by atomic mass is 9.80. The topological polar surface area (TPSA) is 44.8 Å². The van der Waals surface area contributed by atoms with Crippen molar-refractivity contribution in [1.29, 1.82) is 0 Å². The molecule has 162 valence electrons. The molecule has 0 spiro atoms. The number of carbonyl (C=O) groups excluding carboxylic acids is 1. The van der Waals surface area contributed by atoms with E-state index in [4.69, 9.17) is 14.2 Å². The zero-order valence-electron chi connectivity index (χ0n) is 18.9. The summed E-state index contributed by atoms with van der Waals surface area (Å²) < 4.78 is 17.8. The number of ketones is 1. The van der Waals surface area contributed by atoms with Crippen LogP contribution in [0.2, 0.25) is 0 Å². The van der Waals surface area contributed by atoms with Gasteiger partial charge in [0, 0.05) is 6.42 Å². The van der Waals surface area contributed by atoms with Gasteiger partial charge in [-0.1, -0.05) is 24.6 Å². The lowest BCUT2D eigenvalue weighted by Gasteiger charge is -2.43. The fraction of sp³-hybridized carbons (Fsp3) is 0.560. The highest BCUT2D eigenvalue weighted by molar-refractivity contribution is 5.90. The van der Waals surface area contributed by atoms with Gasteiger partial charge in [-0.05, 0) is 49.3 Å². The van der Waals surface area contributed by atoms with Crippen LogP contribution in [-0.4, -0.2) is 44.8 Å². The van der Waals surface area contributed by atoms with Crippen molar-refractivity contribution >= 4 is 5.78 Å². The van der Waals surface area contributed by atoms with Crippen LogP contribution in [0.15, 0.2) is 29.9 Å². The fourth-order valence-electron chi connectivity index (χ4n) is 5.19. The van der Waals surface area contributed by atoms with Crippen LogP contribution in [0, 0.1) is 11.8 Å². The Bertz CT molecular complexity index is 899. The van der Waals surface area contributed by atoms with Crippen molar-refractivity contribution in [1.82, 2.24) is 0 Å². The van der Waals surface area contributed by atoms with E-state index in [0.717, 1.165) is 47.4 Å². The Labute approximate surface area is 179 Å². The fourth-order valence-corrected chi connectivity index (χ4v) is 5.19. The maximum absolute atomic E-state index is 13.0. The van der Waals surface area contributed by atoms with Crippen molar-refractivity contribution in [3.8, 4) is 17.2 Å². The minimum Gasteiger partial charge on any atom is -0.492 e. The first kappa shape index (κ1) is 21.0. The molecule has 2 heterocycles. The van der Waals surface area contributed by atoms with Crippen LogP contribution in [0.25, 0.3) is 0 Å². The molecular formula is C25H34NO4+. The molecule has 0 bridgehead atoms. The first-order valence-electron chi connectivity index (χ1n) is 11.0. The van der Waals surface area contributed by atoms with Gasteiger partial charge in [-0.2, -0.15) is 0 Å². The van der Waals surface area contributed by atoms with Crippen LogP contribution in [0.3, 0.4) is 0 Å². The summed E-state index contributed by atoms with van der Waals surface area (Å²) in [5.74, 6) is 3.36. The first-order chi connectivity index (χ1) is 14.3. The van der Waals surface area contributed by atoms with Crippen LogP contribution in [0.4, 0.5) is 0 Å². The molecule has 1 aliphatic carbocycles. The maximum atomic E-state index is 13.0. The third-order valence-electron chi connectivity index (χ3n) is 7.12. The quantitative estimate of drug-likeness (QED) is 0.403. The van der Waals surface area contributed by atoms with E-state index in [0.29, 0.717) is 24.0 Å². The molecule has 0 amide bonds. The van der Waals surface area contributed by atoms with Crippen LogP contribution in [-0.2, 0) is 11.2 Å². The number of quaternary nitrogens is 1. The molecule has 0 aromatic heterocycles. The van der Waals surface area contributed by atoms with E-state index in [2.05, 4.69) is 46.2 Å². The average molecular weight is 413 g/mol. The van der Waals surface area contributed by atoms with Crippen LogP contribution in [0.1, 0.15) is 50.3 Å². The molecule has 3 aliphatic rings. The van der Waals surface area contributed by atoms with Crippen molar-refractivity contribution in [2.24, 2.45) is 11.8 Å². The summed E-state index contributed by atoms with van der Waals surface area (Å²) in [6.07, 6.45) is 9.81. The number of hydrogen-bond donors (Lipinski definition) is 0. The molecule has 0 N–H and O–H groups in total. The van der Waals surface area contributed by atoms with Crippen molar-refractivity contribution in [3.05, 3.63) is 41.0 Å². The normalized spacial score (nSPS) is 27.0. The van der Waals surface area contributed by atoms with E-state index in [9.17, 15) is 4.79 Å². The highest BCUT2D eigenvalue weighted by Gasteiger charge is 2.42. The molecular weight excluding hydrogens is 378 g/mol. The Morgan fingerprint density at radius 1 is 1.33 bits per heavy atom. The minimum atomic E-state index is 0.0290. The smallest absolute Gasteiger partial charge is 0.231 e. The second kappa shape index (κ2) is 8.10. The third-order valence-corrected chi connectivity index (χ3v) is 7.12. The van der Waals surface area contributed by atoms with Gasteiger partial charge >= 0.3 is 0 Å². The predicted molar refractivity (Wildman–Crippen MR) is 117 cm³/mol. The van der Waals surface area contributed by atoms with Crippen LogP contribution < -0.4 is 14.2 Å². The lowest BCUT2D eigenvalue weighted by Crippen LogP contribution is -2.48. The molecule has 1 aromatic rings. The van der Waals surface area contributed by atoms with Crippen molar-refractivity contribution < 1.29 is 23.5 Å². The zero-order chi connectivity index (χ0) is 21.5. The van der Waals surface area contributed by atoms with Gasteiger partial charge in [0.2, 0.25) is 12.5 Å². The number of benzene rings is 1. The monoisotopic (exact) mass is 412 g/mol. The Kier molecular flexibility index (Phi) is 5.67. The van der Waals surface area contributed by atoms with Gasteiger partial charge in [0.15, 0.2) is 17.3 Å². The summed E-state index contributed by atoms with van der Waals surface area (Å²) in [5.41, 5.74) is 3.77. The van der Waals surface area contributed by atoms with Crippen molar-refractivity contribution in [2.75, 3.05) is 34.5 Å². The summed E-state index contributed by atoms with van der Waals surface area (Å²) in [5, 5.41) is 0. The molecule has 0 saturated carbocycles. The number of hydrogen-bond acceptors (Lipinski definition) is 4.